The van der Waals surface area contributed by atoms with Crippen molar-refractivity contribution in [3.63, 3.8) is 0 Å². The van der Waals surface area contributed by atoms with Gasteiger partial charge in [-0.3, -0.25) is 9.59 Å². The van der Waals surface area contributed by atoms with Gasteiger partial charge in [0, 0.05) is 22.3 Å². The number of carbonyl (C=O) groups is 2. The lowest BCUT2D eigenvalue weighted by atomic mass is 9.92. The van der Waals surface area contributed by atoms with Crippen molar-refractivity contribution in [2.24, 2.45) is 0 Å². The summed E-state index contributed by atoms with van der Waals surface area (Å²) in [6, 6.07) is 32.3. The van der Waals surface area contributed by atoms with Gasteiger partial charge in [-0.15, -0.1) is 0 Å². The molecule has 0 radical (unpaired) electrons. The number of hydrogen-bond acceptors (Lipinski definition) is 2. The first kappa shape index (κ1) is 19.5. The van der Waals surface area contributed by atoms with Gasteiger partial charge >= 0.3 is 0 Å². The van der Waals surface area contributed by atoms with Crippen molar-refractivity contribution < 1.29 is 9.59 Å². The zero-order valence-electron chi connectivity index (χ0n) is 16.8. The van der Waals surface area contributed by atoms with Gasteiger partial charge < -0.3 is 0 Å². The minimum atomic E-state index is -0.141. The average molecular weight is 390 g/mol. The summed E-state index contributed by atoms with van der Waals surface area (Å²) in [5, 5.41) is 0. The van der Waals surface area contributed by atoms with Crippen LogP contribution in [0.1, 0.15) is 48.5 Å². The molecule has 4 aromatic rings. The van der Waals surface area contributed by atoms with Gasteiger partial charge in [0.2, 0.25) is 0 Å². The Hall–Kier alpha value is -3.78. The van der Waals surface area contributed by atoms with Gasteiger partial charge in [-0.05, 0) is 24.5 Å². The topological polar surface area (TPSA) is 34.1 Å². The third kappa shape index (κ3) is 4.28. The summed E-state index contributed by atoms with van der Waals surface area (Å²) in [5.74, 6) is -0.281. The zero-order chi connectivity index (χ0) is 20.9. The molecule has 2 nitrogen and oxygen atoms in total. The van der Waals surface area contributed by atoms with Crippen LogP contribution in [0.3, 0.4) is 0 Å². The third-order valence-corrected chi connectivity index (χ3v) is 5.20. The summed E-state index contributed by atoms with van der Waals surface area (Å²) in [4.78, 5) is 26.2. The summed E-state index contributed by atoms with van der Waals surface area (Å²) < 4.78 is 0. The summed E-state index contributed by atoms with van der Waals surface area (Å²) in [5.41, 5.74) is 5.48. The highest BCUT2D eigenvalue weighted by Gasteiger charge is 2.19. The molecule has 0 heterocycles. The molecule has 2 heteroatoms. The Labute approximate surface area is 176 Å². The number of benzene rings is 4. The van der Waals surface area contributed by atoms with E-state index in [0.717, 1.165) is 17.5 Å². The molecule has 146 valence electrons. The molecular formula is C28H22O2. The Morgan fingerprint density at radius 2 is 0.967 bits per heavy atom. The summed E-state index contributed by atoms with van der Waals surface area (Å²) >= 11 is 0. The van der Waals surface area contributed by atoms with Gasteiger partial charge in [0.15, 0.2) is 11.6 Å². The standard InChI is InChI=1S/C28H22O2/c1-20-11-15-23(16-12-20)27(29)25-9-5-6-10-26(25)28(30)24-17-13-22(14-18-24)19-21-7-3-2-4-8-21/h2-18H,19H2,1H3. The molecule has 0 amide bonds. The van der Waals surface area contributed by atoms with Crippen molar-refractivity contribution in [1.29, 1.82) is 0 Å². The number of aryl methyl sites for hydroxylation is 1. The van der Waals surface area contributed by atoms with Crippen LogP contribution in [0.25, 0.3) is 0 Å². The number of rotatable bonds is 6. The fourth-order valence-electron chi connectivity index (χ4n) is 3.50. The van der Waals surface area contributed by atoms with E-state index >= 15 is 0 Å². The van der Waals surface area contributed by atoms with E-state index in [-0.39, 0.29) is 11.6 Å². The van der Waals surface area contributed by atoms with Crippen LogP contribution in [0.2, 0.25) is 0 Å². The largest absolute Gasteiger partial charge is 0.289 e. The van der Waals surface area contributed by atoms with Crippen LogP contribution in [0.5, 0.6) is 0 Å². The molecule has 0 aliphatic heterocycles. The van der Waals surface area contributed by atoms with Gasteiger partial charge in [-0.25, -0.2) is 0 Å². The van der Waals surface area contributed by atoms with E-state index in [0.29, 0.717) is 22.3 Å². The normalized spacial score (nSPS) is 10.6. The predicted octanol–water partition coefficient (Wildman–Crippen LogP) is 6.05. The SMILES string of the molecule is Cc1ccc(C(=O)c2ccccc2C(=O)c2ccc(Cc3ccccc3)cc2)cc1. The maximum Gasteiger partial charge on any atom is 0.193 e. The van der Waals surface area contributed by atoms with Gasteiger partial charge in [0.1, 0.15) is 0 Å². The van der Waals surface area contributed by atoms with Crippen molar-refractivity contribution in [2.75, 3.05) is 0 Å². The predicted molar refractivity (Wildman–Crippen MR) is 120 cm³/mol. The molecule has 0 saturated carbocycles. The Morgan fingerprint density at radius 3 is 1.50 bits per heavy atom. The Morgan fingerprint density at radius 1 is 0.533 bits per heavy atom. The molecule has 0 spiro atoms. The summed E-state index contributed by atoms with van der Waals surface area (Å²) in [6.45, 7) is 1.98. The van der Waals surface area contributed by atoms with Crippen LogP contribution in [0.15, 0.2) is 103 Å². The van der Waals surface area contributed by atoms with E-state index < -0.39 is 0 Å². The molecule has 30 heavy (non-hydrogen) atoms. The van der Waals surface area contributed by atoms with Crippen LogP contribution in [-0.2, 0) is 6.42 Å². The first-order valence-electron chi connectivity index (χ1n) is 10.00. The van der Waals surface area contributed by atoms with E-state index in [2.05, 4.69) is 12.1 Å². The number of hydrogen-bond donors (Lipinski definition) is 0. The molecule has 4 aromatic carbocycles. The molecule has 0 saturated heterocycles. The molecule has 0 aliphatic rings. The first-order valence-corrected chi connectivity index (χ1v) is 10.00. The van der Waals surface area contributed by atoms with Crippen molar-refractivity contribution >= 4 is 11.6 Å². The van der Waals surface area contributed by atoms with E-state index in [1.165, 1.54) is 5.56 Å². The second-order valence-corrected chi connectivity index (χ2v) is 7.43. The molecular weight excluding hydrogens is 368 g/mol. The van der Waals surface area contributed by atoms with Gasteiger partial charge in [0.05, 0.1) is 0 Å². The van der Waals surface area contributed by atoms with Crippen molar-refractivity contribution in [1.82, 2.24) is 0 Å². The lowest BCUT2D eigenvalue weighted by Crippen LogP contribution is -2.11. The second kappa shape index (κ2) is 8.71. The minimum Gasteiger partial charge on any atom is -0.289 e. The highest BCUT2D eigenvalue weighted by Crippen LogP contribution is 2.20. The fourth-order valence-corrected chi connectivity index (χ4v) is 3.50. The smallest absolute Gasteiger partial charge is 0.193 e. The van der Waals surface area contributed by atoms with Crippen LogP contribution >= 0.6 is 0 Å². The van der Waals surface area contributed by atoms with Crippen LogP contribution < -0.4 is 0 Å². The highest BCUT2D eigenvalue weighted by atomic mass is 16.1. The Kier molecular flexibility index (Phi) is 5.67. The van der Waals surface area contributed by atoms with E-state index in [9.17, 15) is 9.59 Å². The number of ketones is 2. The molecule has 0 bridgehead atoms. The van der Waals surface area contributed by atoms with Crippen LogP contribution in [0.4, 0.5) is 0 Å². The first-order chi connectivity index (χ1) is 14.6. The molecule has 0 fully saturated rings. The van der Waals surface area contributed by atoms with Crippen molar-refractivity contribution in [3.8, 4) is 0 Å². The van der Waals surface area contributed by atoms with Crippen molar-refractivity contribution in [3.05, 3.63) is 142 Å². The van der Waals surface area contributed by atoms with Gasteiger partial charge in [0.25, 0.3) is 0 Å². The third-order valence-electron chi connectivity index (χ3n) is 5.20. The highest BCUT2D eigenvalue weighted by molar-refractivity contribution is 6.19. The van der Waals surface area contributed by atoms with E-state index in [4.69, 9.17) is 0 Å². The minimum absolute atomic E-state index is 0.139. The summed E-state index contributed by atoms with van der Waals surface area (Å²) in [7, 11) is 0. The Bertz CT molecular complexity index is 1170. The summed E-state index contributed by atoms with van der Waals surface area (Å²) in [6.07, 6.45) is 0.817. The van der Waals surface area contributed by atoms with Crippen LogP contribution in [0, 0.1) is 6.92 Å². The quantitative estimate of drug-likeness (QED) is 0.376. The van der Waals surface area contributed by atoms with Crippen molar-refractivity contribution in [2.45, 2.75) is 13.3 Å². The molecule has 0 aromatic heterocycles. The van der Waals surface area contributed by atoms with Crippen LogP contribution in [-0.4, -0.2) is 11.6 Å². The zero-order valence-corrected chi connectivity index (χ0v) is 16.8. The fraction of sp³-hybridized carbons (Fsp3) is 0.0714. The lowest BCUT2D eigenvalue weighted by molar-refractivity contribution is 0.100. The number of carbonyl (C=O) groups excluding carboxylic acids is 2. The monoisotopic (exact) mass is 390 g/mol. The maximum atomic E-state index is 13.2. The second-order valence-electron chi connectivity index (χ2n) is 7.43. The molecule has 0 atom stereocenters. The molecule has 0 aliphatic carbocycles. The van der Waals surface area contributed by atoms with Gasteiger partial charge in [-0.2, -0.15) is 0 Å². The van der Waals surface area contributed by atoms with E-state index in [1.807, 2.05) is 61.5 Å². The lowest BCUT2D eigenvalue weighted by Gasteiger charge is -2.09. The maximum absolute atomic E-state index is 13.2. The molecule has 4 rings (SSSR count). The van der Waals surface area contributed by atoms with Gasteiger partial charge in [-0.1, -0.05) is 109 Å². The molecule has 0 unspecified atom stereocenters. The molecule has 0 N–H and O–H groups in total. The van der Waals surface area contributed by atoms with E-state index in [1.54, 1.807) is 36.4 Å². The average Bonchev–Trinajstić information content (AvgIpc) is 2.80. The Balaban J connectivity index is 1.59.